The van der Waals surface area contributed by atoms with Crippen molar-refractivity contribution in [3.05, 3.63) is 24.3 Å². The number of hydrogen-bond acceptors (Lipinski definition) is 5. The summed E-state index contributed by atoms with van der Waals surface area (Å²) < 4.78 is 22.5. The zero-order valence-corrected chi connectivity index (χ0v) is 18.2. The van der Waals surface area contributed by atoms with Gasteiger partial charge in [0.2, 0.25) is 21.8 Å². The number of nitrogens with zero attached hydrogens (tertiary/aromatic N) is 1. The summed E-state index contributed by atoms with van der Waals surface area (Å²) in [6.07, 6.45) is 1.93. The van der Waals surface area contributed by atoms with Gasteiger partial charge in [-0.1, -0.05) is 13.8 Å². The van der Waals surface area contributed by atoms with Crippen LogP contribution >= 0.6 is 0 Å². The van der Waals surface area contributed by atoms with Gasteiger partial charge in [-0.3, -0.25) is 9.59 Å². The van der Waals surface area contributed by atoms with E-state index in [1.54, 1.807) is 0 Å². The molecule has 1 aliphatic rings. The molecule has 0 spiro atoms. The van der Waals surface area contributed by atoms with Gasteiger partial charge in [0.1, 0.15) is 0 Å². The minimum atomic E-state index is -3.74. The van der Waals surface area contributed by atoms with E-state index in [2.05, 4.69) is 29.4 Å². The second-order valence-corrected chi connectivity index (χ2v) is 9.59. The number of nitrogens with one attached hydrogen (secondary N) is 2. The van der Waals surface area contributed by atoms with Crippen LogP contribution < -0.4 is 15.8 Å². The van der Waals surface area contributed by atoms with Crippen LogP contribution in [0.4, 0.5) is 5.69 Å². The van der Waals surface area contributed by atoms with Crippen LogP contribution in [0.3, 0.4) is 0 Å². The number of rotatable bonds is 8. The molecule has 2 rings (SSSR count). The first-order valence-corrected chi connectivity index (χ1v) is 11.6. The molecule has 0 saturated carbocycles. The summed E-state index contributed by atoms with van der Waals surface area (Å²) >= 11 is 0. The lowest BCUT2D eigenvalue weighted by atomic mass is 9.94. The number of hydrogen-bond donors (Lipinski definition) is 3. The molecule has 0 radical (unpaired) electrons. The molecule has 0 aliphatic carbocycles. The molecule has 1 heterocycles. The highest BCUT2D eigenvalue weighted by atomic mass is 32.2. The second kappa shape index (κ2) is 10.2. The number of piperidine rings is 1. The molecule has 1 atom stereocenters. The molecule has 1 aromatic rings. The summed E-state index contributed by atoms with van der Waals surface area (Å²) in [6, 6.07) is 5.92. The lowest BCUT2D eigenvalue weighted by molar-refractivity contribution is -0.127. The average molecular weight is 425 g/mol. The van der Waals surface area contributed by atoms with Crippen LogP contribution in [-0.2, 0) is 19.6 Å². The van der Waals surface area contributed by atoms with E-state index >= 15 is 0 Å². The summed E-state index contributed by atoms with van der Waals surface area (Å²) in [5.41, 5.74) is 0.525. The van der Waals surface area contributed by atoms with Crippen LogP contribution in [0.2, 0.25) is 0 Å². The summed E-state index contributed by atoms with van der Waals surface area (Å²) in [7, 11) is -3.74. The van der Waals surface area contributed by atoms with Gasteiger partial charge in [0, 0.05) is 30.6 Å². The molecule has 9 heteroatoms. The minimum absolute atomic E-state index is 0.00481. The first-order chi connectivity index (χ1) is 13.6. The van der Waals surface area contributed by atoms with Crippen LogP contribution in [0.25, 0.3) is 0 Å². The van der Waals surface area contributed by atoms with Gasteiger partial charge in [-0.2, -0.15) is 0 Å². The van der Waals surface area contributed by atoms with Crippen molar-refractivity contribution in [2.24, 2.45) is 17.0 Å². The number of amides is 2. The number of carbonyl (C=O) groups is 2. The van der Waals surface area contributed by atoms with Crippen molar-refractivity contribution in [2.75, 3.05) is 25.0 Å². The van der Waals surface area contributed by atoms with Gasteiger partial charge < -0.3 is 15.5 Å². The molecule has 8 nitrogen and oxygen atoms in total. The number of sulfonamides is 1. The van der Waals surface area contributed by atoms with Gasteiger partial charge in [0.05, 0.1) is 4.90 Å². The van der Waals surface area contributed by atoms with E-state index in [0.29, 0.717) is 24.6 Å². The van der Waals surface area contributed by atoms with Crippen LogP contribution in [0.15, 0.2) is 29.2 Å². The molecule has 0 bridgehead atoms. The number of benzene rings is 1. The number of likely N-dealkylation sites (tertiary alicyclic amines) is 1. The highest BCUT2D eigenvalue weighted by Crippen LogP contribution is 2.19. The Morgan fingerprint density at radius 3 is 2.24 bits per heavy atom. The van der Waals surface area contributed by atoms with E-state index in [4.69, 9.17) is 5.14 Å². The third-order valence-electron chi connectivity index (χ3n) is 5.45. The molecule has 162 valence electrons. The third-order valence-corrected chi connectivity index (χ3v) is 6.38. The van der Waals surface area contributed by atoms with Gasteiger partial charge in [0.15, 0.2) is 0 Å². The molecule has 1 fully saturated rings. The van der Waals surface area contributed by atoms with Gasteiger partial charge >= 0.3 is 0 Å². The fraction of sp³-hybridized carbons (Fsp3) is 0.600. The van der Waals surface area contributed by atoms with Crippen molar-refractivity contribution in [2.45, 2.75) is 51.0 Å². The molecule has 1 unspecified atom stereocenters. The molecule has 0 aromatic heterocycles. The van der Waals surface area contributed by atoms with Crippen molar-refractivity contribution in [1.29, 1.82) is 0 Å². The SMILES string of the molecule is CC(C)C(C)NC(=O)C1CCN(CCC(=O)Nc2ccc(S(N)(=O)=O)cc2)CC1. The number of nitrogens with two attached hydrogens (primary N) is 1. The number of carbonyl (C=O) groups excluding carboxylic acids is 2. The Balaban J connectivity index is 1.72. The van der Waals surface area contributed by atoms with Crippen LogP contribution in [0.5, 0.6) is 0 Å². The smallest absolute Gasteiger partial charge is 0.238 e. The van der Waals surface area contributed by atoms with Crippen LogP contribution in [0.1, 0.15) is 40.0 Å². The maximum atomic E-state index is 12.3. The fourth-order valence-electron chi connectivity index (χ4n) is 3.14. The predicted octanol–water partition coefficient (Wildman–Crippen LogP) is 1.54. The Morgan fingerprint density at radius 2 is 1.72 bits per heavy atom. The number of anilines is 1. The van der Waals surface area contributed by atoms with Gasteiger partial charge in [-0.05, 0) is 63.0 Å². The largest absolute Gasteiger partial charge is 0.353 e. The van der Waals surface area contributed by atoms with Crippen LogP contribution in [-0.4, -0.2) is 50.8 Å². The zero-order chi connectivity index (χ0) is 21.6. The molecule has 1 aliphatic heterocycles. The maximum absolute atomic E-state index is 12.3. The molecular formula is C20H32N4O4S. The molecular weight excluding hydrogens is 392 g/mol. The third kappa shape index (κ3) is 7.41. The predicted molar refractivity (Wildman–Crippen MR) is 113 cm³/mol. The van der Waals surface area contributed by atoms with E-state index < -0.39 is 10.0 Å². The maximum Gasteiger partial charge on any atom is 0.238 e. The molecule has 1 saturated heterocycles. The minimum Gasteiger partial charge on any atom is -0.353 e. The molecule has 1 aromatic carbocycles. The molecule has 4 N–H and O–H groups in total. The lowest BCUT2D eigenvalue weighted by Crippen LogP contribution is -2.44. The van der Waals surface area contributed by atoms with E-state index in [9.17, 15) is 18.0 Å². The summed E-state index contributed by atoms with van der Waals surface area (Å²) in [5.74, 6) is 0.442. The Morgan fingerprint density at radius 1 is 1.14 bits per heavy atom. The van der Waals surface area contributed by atoms with Crippen molar-refractivity contribution < 1.29 is 18.0 Å². The Labute approximate surface area is 173 Å². The fourth-order valence-corrected chi connectivity index (χ4v) is 3.65. The first-order valence-electron chi connectivity index (χ1n) is 10.0. The Bertz CT molecular complexity index is 800. The summed E-state index contributed by atoms with van der Waals surface area (Å²) in [6.45, 7) is 8.42. The van der Waals surface area contributed by atoms with Crippen molar-refractivity contribution >= 4 is 27.5 Å². The van der Waals surface area contributed by atoms with Crippen LogP contribution in [0, 0.1) is 11.8 Å². The number of primary sulfonamides is 1. The Kier molecular flexibility index (Phi) is 8.18. The standard InChI is InChI=1S/C20H32N4O4S/c1-14(2)15(3)22-20(26)16-8-11-24(12-9-16)13-10-19(25)23-17-4-6-18(7-5-17)29(21,27)28/h4-7,14-16H,8-13H2,1-3H3,(H,22,26)(H,23,25)(H2,21,27,28). The van der Waals surface area contributed by atoms with Crippen molar-refractivity contribution in [3.63, 3.8) is 0 Å². The highest BCUT2D eigenvalue weighted by molar-refractivity contribution is 7.89. The lowest BCUT2D eigenvalue weighted by Gasteiger charge is -2.32. The normalized spacial score (nSPS) is 17.1. The Hall–Kier alpha value is -1.97. The molecule has 29 heavy (non-hydrogen) atoms. The highest BCUT2D eigenvalue weighted by Gasteiger charge is 2.26. The van der Waals surface area contributed by atoms with E-state index in [1.807, 2.05) is 6.92 Å². The second-order valence-electron chi connectivity index (χ2n) is 8.02. The summed E-state index contributed by atoms with van der Waals surface area (Å²) in [4.78, 5) is 26.7. The van der Waals surface area contributed by atoms with E-state index in [0.717, 1.165) is 25.9 Å². The van der Waals surface area contributed by atoms with Gasteiger partial charge in [-0.15, -0.1) is 0 Å². The van der Waals surface area contributed by atoms with Gasteiger partial charge in [0.25, 0.3) is 0 Å². The molecule has 2 amide bonds. The average Bonchev–Trinajstić information content (AvgIpc) is 2.66. The monoisotopic (exact) mass is 424 g/mol. The van der Waals surface area contributed by atoms with Crippen molar-refractivity contribution in [1.82, 2.24) is 10.2 Å². The summed E-state index contributed by atoms with van der Waals surface area (Å²) in [5, 5.41) is 10.9. The zero-order valence-electron chi connectivity index (χ0n) is 17.3. The first kappa shape index (κ1) is 23.3. The quantitative estimate of drug-likeness (QED) is 0.584. The van der Waals surface area contributed by atoms with Crippen molar-refractivity contribution in [3.8, 4) is 0 Å². The topological polar surface area (TPSA) is 122 Å². The van der Waals surface area contributed by atoms with E-state index in [1.165, 1.54) is 24.3 Å². The van der Waals surface area contributed by atoms with Gasteiger partial charge in [-0.25, -0.2) is 13.6 Å². The van der Waals surface area contributed by atoms with E-state index in [-0.39, 0.29) is 28.7 Å².